The van der Waals surface area contributed by atoms with E-state index in [1.54, 1.807) is 17.0 Å². The number of halogens is 1. The van der Waals surface area contributed by atoms with E-state index in [4.69, 9.17) is 30.2 Å². The van der Waals surface area contributed by atoms with Gasteiger partial charge in [-0.15, -0.1) is 0 Å². The zero-order chi connectivity index (χ0) is 27.4. The number of fused-ring (bicyclic) bond motifs is 1. The summed E-state index contributed by atoms with van der Waals surface area (Å²) >= 11 is 6.26. The van der Waals surface area contributed by atoms with Crippen LogP contribution in [-0.4, -0.2) is 54.3 Å². The third-order valence-corrected chi connectivity index (χ3v) is 7.20. The molecule has 0 aliphatic carbocycles. The van der Waals surface area contributed by atoms with E-state index >= 15 is 0 Å². The van der Waals surface area contributed by atoms with Gasteiger partial charge in [-0.2, -0.15) is 0 Å². The smallest absolute Gasteiger partial charge is 0.322 e. The normalized spacial score (nSPS) is 15.8. The topological polar surface area (TPSA) is 93.5 Å². The molecule has 2 aliphatic rings. The number of hydrogen-bond donors (Lipinski definition) is 1. The van der Waals surface area contributed by atoms with Crippen LogP contribution in [0.5, 0.6) is 11.5 Å². The van der Waals surface area contributed by atoms with Crippen molar-refractivity contribution in [2.45, 2.75) is 45.9 Å². The molecule has 0 saturated carbocycles. The highest BCUT2D eigenvalue weighted by molar-refractivity contribution is 6.31. The molecule has 206 valence electrons. The first-order valence-electron chi connectivity index (χ1n) is 13.0. The van der Waals surface area contributed by atoms with E-state index in [-0.39, 0.29) is 31.9 Å². The maximum atomic E-state index is 13.8. The number of anilines is 1. The van der Waals surface area contributed by atoms with E-state index in [2.05, 4.69) is 5.32 Å². The Labute approximate surface area is 232 Å². The van der Waals surface area contributed by atoms with E-state index < -0.39 is 6.03 Å². The molecule has 5 rings (SSSR count). The summed E-state index contributed by atoms with van der Waals surface area (Å²) in [7, 11) is 0. The number of ether oxygens (including phenoxy) is 3. The summed E-state index contributed by atoms with van der Waals surface area (Å²) in [6.45, 7) is 5.30. The maximum Gasteiger partial charge on any atom is 0.322 e. The molecule has 1 saturated heterocycles. The van der Waals surface area contributed by atoms with Gasteiger partial charge in [0.25, 0.3) is 0 Å². The minimum atomic E-state index is -0.393. The number of amides is 3. The molecule has 1 unspecified atom stereocenters. The van der Waals surface area contributed by atoms with Gasteiger partial charge in [0.15, 0.2) is 11.5 Å². The van der Waals surface area contributed by atoms with Crippen LogP contribution < -0.4 is 14.8 Å². The van der Waals surface area contributed by atoms with Crippen LogP contribution in [-0.2, 0) is 22.6 Å². The molecular weight excluding hydrogens is 522 g/mol. The number of benzene rings is 2. The highest BCUT2D eigenvalue weighted by atomic mass is 35.5. The number of urea groups is 1. The first-order valence-corrected chi connectivity index (χ1v) is 13.4. The zero-order valence-electron chi connectivity index (χ0n) is 22.1. The summed E-state index contributed by atoms with van der Waals surface area (Å²) in [5, 5.41) is 3.44. The number of furan rings is 1. The quantitative estimate of drug-likeness (QED) is 0.375. The van der Waals surface area contributed by atoms with Crippen molar-refractivity contribution in [3.63, 3.8) is 0 Å². The van der Waals surface area contributed by atoms with Gasteiger partial charge in [-0.3, -0.25) is 4.79 Å². The van der Waals surface area contributed by atoms with Crippen molar-refractivity contribution < 1.29 is 28.2 Å². The second-order valence-electron chi connectivity index (χ2n) is 9.86. The average molecular weight is 554 g/mol. The molecule has 0 spiro atoms. The first-order chi connectivity index (χ1) is 18.8. The number of carbonyl (C=O) groups excluding carboxylic acids is 2. The molecule has 2 aliphatic heterocycles. The number of aryl methyl sites for hydroxylation is 2. The summed E-state index contributed by atoms with van der Waals surface area (Å²) in [4.78, 5) is 30.4. The van der Waals surface area contributed by atoms with Crippen molar-refractivity contribution in [3.8, 4) is 11.5 Å². The van der Waals surface area contributed by atoms with Crippen molar-refractivity contribution in [1.29, 1.82) is 0 Å². The number of rotatable bonds is 9. The summed E-state index contributed by atoms with van der Waals surface area (Å²) in [5.41, 5.74) is 2.34. The molecule has 1 atom stereocenters. The van der Waals surface area contributed by atoms with Crippen molar-refractivity contribution in [2.24, 2.45) is 0 Å². The van der Waals surface area contributed by atoms with Crippen molar-refractivity contribution in [2.75, 3.05) is 31.8 Å². The molecule has 3 heterocycles. The standard InChI is InChI=1S/C29H32ClN3O6/c1-19-5-8-22(13-25(19)30)31-29(35)33(15-23-4-3-11-36-23)17-28(34)32(16-24-9-6-20(2)39-24)14-21-7-10-26-27(12-21)38-18-37-26/h5-10,12-13,23H,3-4,11,14-18H2,1-2H3,(H,31,35). The molecule has 39 heavy (non-hydrogen) atoms. The number of carbonyl (C=O) groups is 2. The Bertz CT molecular complexity index is 1340. The van der Waals surface area contributed by atoms with Gasteiger partial charge in [0.1, 0.15) is 18.1 Å². The van der Waals surface area contributed by atoms with Crippen LogP contribution in [0.15, 0.2) is 52.9 Å². The monoisotopic (exact) mass is 553 g/mol. The highest BCUT2D eigenvalue weighted by Gasteiger charge is 2.27. The largest absolute Gasteiger partial charge is 0.464 e. The van der Waals surface area contributed by atoms with Crippen LogP contribution in [0.2, 0.25) is 5.02 Å². The fraction of sp³-hybridized carbons (Fsp3) is 0.379. The van der Waals surface area contributed by atoms with Gasteiger partial charge in [-0.05, 0) is 74.2 Å². The SMILES string of the molecule is Cc1ccc(CN(Cc2ccc3c(c2)OCO3)C(=O)CN(CC2CCCO2)C(=O)Nc2ccc(C)c(Cl)c2)o1. The van der Waals surface area contributed by atoms with Crippen LogP contribution in [0.4, 0.5) is 10.5 Å². The van der Waals surface area contributed by atoms with Crippen LogP contribution >= 0.6 is 11.6 Å². The van der Waals surface area contributed by atoms with Gasteiger partial charge in [-0.25, -0.2) is 4.79 Å². The second-order valence-corrected chi connectivity index (χ2v) is 10.3. The molecule has 1 N–H and O–H groups in total. The van der Waals surface area contributed by atoms with Crippen LogP contribution in [0, 0.1) is 13.8 Å². The van der Waals surface area contributed by atoms with Gasteiger partial charge in [0.2, 0.25) is 12.7 Å². The maximum absolute atomic E-state index is 13.8. The predicted octanol–water partition coefficient (Wildman–Crippen LogP) is 5.52. The summed E-state index contributed by atoms with van der Waals surface area (Å²) in [6, 6.07) is 14.3. The molecule has 9 nitrogen and oxygen atoms in total. The van der Waals surface area contributed by atoms with E-state index in [1.807, 2.05) is 50.2 Å². The lowest BCUT2D eigenvalue weighted by atomic mass is 10.1. The Morgan fingerprint density at radius 3 is 2.59 bits per heavy atom. The third-order valence-electron chi connectivity index (χ3n) is 6.79. The fourth-order valence-corrected chi connectivity index (χ4v) is 4.82. The molecule has 2 aromatic carbocycles. The molecule has 0 radical (unpaired) electrons. The predicted molar refractivity (Wildman–Crippen MR) is 146 cm³/mol. The Kier molecular flexibility index (Phi) is 8.28. The lowest BCUT2D eigenvalue weighted by molar-refractivity contribution is -0.133. The third kappa shape index (κ3) is 6.85. The molecule has 3 aromatic rings. The van der Waals surface area contributed by atoms with Gasteiger partial charge in [0.05, 0.1) is 12.6 Å². The van der Waals surface area contributed by atoms with E-state index in [0.717, 1.165) is 29.7 Å². The number of nitrogens with one attached hydrogen (secondary N) is 1. The Morgan fingerprint density at radius 1 is 1.00 bits per heavy atom. The van der Waals surface area contributed by atoms with Crippen molar-refractivity contribution in [3.05, 3.63) is 76.2 Å². The van der Waals surface area contributed by atoms with E-state index in [9.17, 15) is 9.59 Å². The minimum Gasteiger partial charge on any atom is -0.464 e. The summed E-state index contributed by atoms with van der Waals surface area (Å²) in [5.74, 6) is 2.51. The lowest BCUT2D eigenvalue weighted by Crippen LogP contribution is -2.46. The minimum absolute atomic E-state index is 0.125. The molecular formula is C29H32ClN3O6. The summed E-state index contributed by atoms with van der Waals surface area (Å²) < 4.78 is 22.5. The number of hydrogen-bond acceptors (Lipinski definition) is 6. The fourth-order valence-electron chi connectivity index (χ4n) is 4.64. The van der Waals surface area contributed by atoms with Crippen molar-refractivity contribution >= 4 is 29.2 Å². The van der Waals surface area contributed by atoms with E-state index in [0.29, 0.717) is 47.7 Å². The van der Waals surface area contributed by atoms with Gasteiger partial charge >= 0.3 is 6.03 Å². The Morgan fingerprint density at radius 2 is 1.85 bits per heavy atom. The van der Waals surface area contributed by atoms with E-state index in [1.165, 1.54) is 4.90 Å². The van der Waals surface area contributed by atoms with Crippen LogP contribution in [0.1, 0.15) is 35.5 Å². The Balaban J connectivity index is 1.35. The van der Waals surface area contributed by atoms with Crippen LogP contribution in [0.3, 0.4) is 0 Å². The lowest BCUT2D eigenvalue weighted by Gasteiger charge is -2.29. The molecule has 1 fully saturated rings. The number of nitrogens with zero attached hydrogens (tertiary/aromatic N) is 2. The van der Waals surface area contributed by atoms with Gasteiger partial charge in [0, 0.05) is 30.4 Å². The Hall–Kier alpha value is -3.69. The highest BCUT2D eigenvalue weighted by Crippen LogP contribution is 2.33. The van der Waals surface area contributed by atoms with Crippen molar-refractivity contribution in [1.82, 2.24) is 9.80 Å². The average Bonchev–Trinajstić information content (AvgIpc) is 3.68. The molecule has 1 aromatic heterocycles. The molecule has 0 bridgehead atoms. The summed E-state index contributed by atoms with van der Waals surface area (Å²) in [6.07, 6.45) is 1.64. The first kappa shape index (κ1) is 26.9. The second kappa shape index (κ2) is 12.0. The van der Waals surface area contributed by atoms with Crippen LogP contribution in [0.25, 0.3) is 0 Å². The van der Waals surface area contributed by atoms with Gasteiger partial charge in [-0.1, -0.05) is 23.7 Å². The zero-order valence-corrected chi connectivity index (χ0v) is 22.8. The molecule has 10 heteroatoms. The van der Waals surface area contributed by atoms with Gasteiger partial charge < -0.3 is 33.7 Å². The molecule has 3 amide bonds.